The molecule has 0 radical (unpaired) electrons. The molecule has 0 saturated carbocycles. The maximum Gasteiger partial charge on any atom is 0.306 e. The van der Waals surface area contributed by atoms with Gasteiger partial charge < -0.3 is 0 Å². The second-order valence-electron chi connectivity index (χ2n) is 6.12. The molecule has 0 spiro atoms. The number of fused-ring (bicyclic) bond motifs is 3. The van der Waals surface area contributed by atoms with Gasteiger partial charge in [0.25, 0.3) is 0 Å². The molecular weight excluding hydrogens is 325 g/mol. The Morgan fingerprint density at radius 3 is 2.48 bits per heavy atom. The lowest BCUT2D eigenvalue weighted by Gasteiger charge is -2.18. The van der Waals surface area contributed by atoms with Crippen molar-refractivity contribution in [1.82, 2.24) is 0 Å². The van der Waals surface area contributed by atoms with Crippen molar-refractivity contribution in [2.24, 2.45) is 0 Å². The van der Waals surface area contributed by atoms with E-state index < -0.39 is 23.6 Å². The molecule has 0 N–H and O–H groups in total. The van der Waals surface area contributed by atoms with Crippen LogP contribution in [0.3, 0.4) is 0 Å². The van der Waals surface area contributed by atoms with Gasteiger partial charge in [-0.2, -0.15) is 8.78 Å². The summed E-state index contributed by atoms with van der Waals surface area (Å²) < 4.78 is 38.2. The molecule has 0 aliphatic heterocycles. The van der Waals surface area contributed by atoms with Crippen LogP contribution in [0.2, 0.25) is 0 Å². The first-order valence-electron chi connectivity index (χ1n) is 7.91. The fourth-order valence-corrected chi connectivity index (χ4v) is 3.56. The molecule has 0 bridgehead atoms. The number of rotatable bonds is 2. The Kier molecular flexibility index (Phi) is 3.68. The van der Waals surface area contributed by atoms with Crippen molar-refractivity contribution in [3.8, 4) is 11.1 Å². The van der Waals surface area contributed by atoms with E-state index in [1.165, 1.54) is 17.7 Å². The van der Waals surface area contributed by atoms with Crippen LogP contribution in [0.4, 0.5) is 13.2 Å². The summed E-state index contributed by atoms with van der Waals surface area (Å²) in [6, 6.07) is 13.8. The molecule has 2 aromatic rings. The van der Waals surface area contributed by atoms with E-state index in [4.69, 9.17) is 0 Å². The molecule has 2 aliphatic rings. The molecule has 4 heteroatoms. The van der Waals surface area contributed by atoms with E-state index >= 15 is 0 Å². The lowest BCUT2D eigenvalue weighted by Crippen LogP contribution is -2.13. The lowest BCUT2D eigenvalue weighted by atomic mass is 9.85. The summed E-state index contributed by atoms with van der Waals surface area (Å²) in [7, 11) is 0. The fraction of sp³-hybridized carbons (Fsp3) is 0.0952. The summed E-state index contributed by atoms with van der Waals surface area (Å²) >= 11 is 0. The largest absolute Gasteiger partial charge is 0.306 e. The van der Waals surface area contributed by atoms with Crippen molar-refractivity contribution < 1.29 is 18.0 Å². The summed E-state index contributed by atoms with van der Waals surface area (Å²) in [5.41, 5.74) is 4.96. The van der Waals surface area contributed by atoms with Crippen LogP contribution >= 0.6 is 0 Å². The van der Waals surface area contributed by atoms with Crippen LogP contribution in [-0.4, -0.2) is 5.78 Å². The van der Waals surface area contributed by atoms with Crippen LogP contribution in [0.25, 0.3) is 11.1 Å². The number of hydrogen-bond acceptors (Lipinski definition) is 1. The summed E-state index contributed by atoms with van der Waals surface area (Å²) in [5, 5.41) is 0. The maximum atomic E-state index is 13.4. The highest BCUT2D eigenvalue weighted by Crippen LogP contribution is 2.41. The number of hydrogen-bond donors (Lipinski definition) is 0. The van der Waals surface area contributed by atoms with E-state index in [2.05, 4.69) is 6.07 Å². The molecule has 2 aromatic carbocycles. The van der Waals surface area contributed by atoms with Gasteiger partial charge in [0.15, 0.2) is 11.6 Å². The van der Waals surface area contributed by atoms with Gasteiger partial charge in [0.1, 0.15) is 0 Å². The highest BCUT2D eigenvalue weighted by molar-refractivity contribution is 6.00. The average molecular weight is 338 g/mol. The zero-order valence-electron chi connectivity index (χ0n) is 13.1. The second-order valence-corrected chi connectivity index (χ2v) is 6.12. The molecule has 0 fully saturated rings. The van der Waals surface area contributed by atoms with Crippen LogP contribution in [-0.2, 0) is 11.2 Å². The minimum atomic E-state index is -2.42. The molecule has 0 saturated heterocycles. The number of carbonyl (C=O) groups excluding carboxylic acids is 1. The molecule has 0 heterocycles. The van der Waals surface area contributed by atoms with Crippen molar-refractivity contribution in [2.75, 3.05) is 0 Å². The molecule has 1 atom stereocenters. The number of halogens is 3. The van der Waals surface area contributed by atoms with Gasteiger partial charge in [0.05, 0.1) is 5.92 Å². The normalized spacial score (nSPS) is 17.8. The Balaban J connectivity index is 1.74. The van der Waals surface area contributed by atoms with E-state index in [1.54, 1.807) is 0 Å². The Morgan fingerprint density at radius 1 is 0.960 bits per heavy atom. The summed E-state index contributed by atoms with van der Waals surface area (Å²) in [6.45, 7) is 0. The maximum absolute atomic E-state index is 13.4. The molecular formula is C21H13F3O. The monoisotopic (exact) mass is 338 g/mol. The van der Waals surface area contributed by atoms with Gasteiger partial charge in [-0.05, 0) is 40.3 Å². The van der Waals surface area contributed by atoms with Gasteiger partial charge in [-0.3, -0.25) is 4.79 Å². The molecule has 0 aromatic heterocycles. The van der Waals surface area contributed by atoms with Crippen LogP contribution < -0.4 is 0 Å². The second kappa shape index (κ2) is 5.88. The summed E-state index contributed by atoms with van der Waals surface area (Å²) in [4.78, 5) is 12.4. The van der Waals surface area contributed by atoms with Gasteiger partial charge in [0, 0.05) is 5.57 Å². The number of ketones is 1. The molecule has 2 aliphatic carbocycles. The smallest absolute Gasteiger partial charge is 0.294 e. The number of allylic oxidation sites excluding steroid dienone is 5. The van der Waals surface area contributed by atoms with E-state index in [-0.39, 0.29) is 5.57 Å². The lowest BCUT2D eigenvalue weighted by molar-refractivity contribution is -0.115. The molecule has 1 unspecified atom stereocenters. The number of benzene rings is 2. The minimum Gasteiger partial charge on any atom is -0.294 e. The first-order valence-corrected chi connectivity index (χ1v) is 7.91. The van der Waals surface area contributed by atoms with Gasteiger partial charge in [-0.15, -0.1) is 0 Å². The third-order valence-corrected chi connectivity index (χ3v) is 4.71. The van der Waals surface area contributed by atoms with Crippen molar-refractivity contribution in [3.63, 3.8) is 0 Å². The number of carbonyl (C=O) groups is 1. The Hall–Kier alpha value is -2.88. The van der Waals surface area contributed by atoms with Crippen molar-refractivity contribution in [1.29, 1.82) is 0 Å². The first-order chi connectivity index (χ1) is 12.1. The third kappa shape index (κ3) is 2.54. The topological polar surface area (TPSA) is 17.1 Å². The minimum absolute atomic E-state index is 0.378. The van der Waals surface area contributed by atoms with E-state index in [9.17, 15) is 18.0 Å². The Bertz CT molecular complexity index is 978. The highest BCUT2D eigenvalue weighted by atomic mass is 19.3. The molecule has 0 amide bonds. The van der Waals surface area contributed by atoms with Gasteiger partial charge >= 0.3 is 6.08 Å². The SMILES string of the molecule is O=C1C=C(C(F)=C(F)F)C=CC1c1cccc2c1Cc1ccccc1-2. The molecule has 25 heavy (non-hydrogen) atoms. The fourth-order valence-electron chi connectivity index (χ4n) is 3.56. The van der Waals surface area contributed by atoms with Gasteiger partial charge in [0.2, 0.25) is 0 Å². The average Bonchev–Trinajstić information content (AvgIpc) is 3.00. The van der Waals surface area contributed by atoms with Gasteiger partial charge in [-0.1, -0.05) is 54.6 Å². The quantitative estimate of drug-likeness (QED) is 0.604. The van der Waals surface area contributed by atoms with Gasteiger partial charge in [-0.25, -0.2) is 4.39 Å². The summed E-state index contributed by atoms with van der Waals surface area (Å²) in [6.07, 6.45) is 2.02. The predicted molar refractivity (Wildman–Crippen MR) is 90.0 cm³/mol. The third-order valence-electron chi connectivity index (χ3n) is 4.71. The van der Waals surface area contributed by atoms with E-state index in [0.29, 0.717) is 0 Å². The van der Waals surface area contributed by atoms with Crippen LogP contribution in [0.5, 0.6) is 0 Å². The summed E-state index contributed by atoms with van der Waals surface area (Å²) in [5.74, 6) is -2.62. The standard InChI is InChI=1S/C21H13F3O/c22-20(21(23)24)13-8-9-17(19(25)11-13)16-7-3-6-15-14-5-2-1-4-12(14)10-18(15)16/h1-9,11,17H,10H2. The van der Waals surface area contributed by atoms with Crippen molar-refractivity contribution in [3.05, 3.63) is 94.9 Å². The Labute approximate surface area is 142 Å². The van der Waals surface area contributed by atoms with Crippen LogP contribution in [0.1, 0.15) is 22.6 Å². The van der Waals surface area contributed by atoms with Crippen LogP contribution in [0.15, 0.2) is 78.2 Å². The van der Waals surface area contributed by atoms with E-state index in [1.807, 2.05) is 36.4 Å². The molecule has 124 valence electrons. The zero-order valence-corrected chi connectivity index (χ0v) is 13.1. The predicted octanol–water partition coefficient (Wildman–Crippen LogP) is 5.48. The van der Waals surface area contributed by atoms with Crippen molar-refractivity contribution >= 4 is 5.78 Å². The molecule has 4 rings (SSSR count). The van der Waals surface area contributed by atoms with Crippen molar-refractivity contribution in [2.45, 2.75) is 12.3 Å². The first kappa shape index (κ1) is 15.6. The Morgan fingerprint density at radius 2 is 1.72 bits per heavy atom. The molecule has 1 nitrogen and oxygen atoms in total. The zero-order chi connectivity index (χ0) is 17.6. The van der Waals surface area contributed by atoms with Crippen LogP contribution in [0, 0.1) is 0 Å². The highest BCUT2D eigenvalue weighted by Gasteiger charge is 2.28. The van der Waals surface area contributed by atoms with E-state index in [0.717, 1.165) is 34.8 Å².